The minimum absolute atomic E-state index is 0.109. The van der Waals surface area contributed by atoms with Crippen LogP contribution in [0.1, 0.15) is 471 Å². The van der Waals surface area contributed by atoms with Crippen LogP contribution in [-0.4, -0.2) is 96.7 Å². The predicted molar refractivity (Wildman–Crippen MR) is 437 cm³/mol. The smallest absolute Gasteiger partial charge is 0.462 e. The molecule has 0 saturated heterocycles. The third-order valence-electron chi connectivity index (χ3n) is 20.9. The summed E-state index contributed by atoms with van der Waals surface area (Å²) < 4.78 is 68.9. The fourth-order valence-corrected chi connectivity index (χ4v) is 15.2. The molecule has 6 atom stereocenters. The number of hydrogen-bond acceptors (Lipinski definition) is 15. The van der Waals surface area contributed by atoms with Gasteiger partial charge in [0, 0.05) is 25.7 Å². The molecule has 0 rings (SSSR count). The van der Waals surface area contributed by atoms with Crippen molar-refractivity contribution in [3.63, 3.8) is 0 Å². The van der Waals surface area contributed by atoms with Gasteiger partial charge in [0.2, 0.25) is 0 Å². The third kappa shape index (κ3) is 78.7. The lowest BCUT2D eigenvalue weighted by Gasteiger charge is -2.21. The van der Waals surface area contributed by atoms with Gasteiger partial charge in [0.15, 0.2) is 12.2 Å². The summed E-state index contributed by atoms with van der Waals surface area (Å²) in [7, 11) is -9.93. The molecule has 0 radical (unpaired) electrons. The van der Waals surface area contributed by atoms with Gasteiger partial charge in [-0.2, -0.15) is 0 Å². The van der Waals surface area contributed by atoms with Crippen LogP contribution in [0.4, 0.5) is 0 Å². The van der Waals surface area contributed by atoms with Gasteiger partial charge >= 0.3 is 39.5 Å². The van der Waals surface area contributed by atoms with Gasteiger partial charge in [-0.3, -0.25) is 37.3 Å². The lowest BCUT2D eigenvalue weighted by Crippen LogP contribution is -2.30. The summed E-state index contributed by atoms with van der Waals surface area (Å²) in [6.07, 6.45) is 73.4. The first-order chi connectivity index (χ1) is 51.6. The molecule has 0 aromatic carbocycles. The SMILES string of the molecule is CCCCCCCCCCCCCCCCCCCCC(=O)OC[C@H](COP(=O)(O)OC[C@@H](O)COP(=O)(O)OC[C@@H](COC(=O)CCCCCCCCCCCCCCC)OC(=O)CCCCCCCCCCCCCCC)OC(=O)CCCCCCCCCCCCCCCCCCCCC(C)CC. The maximum Gasteiger partial charge on any atom is 0.472 e. The number of ether oxygens (including phenoxy) is 4. The minimum Gasteiger partial charge on any atom is -0.462 e. The predicted octanol–water partition coefficient (Wildman–Crippen LogP) is 26.8. The fourth-order valence-electron chi connectivity index (χ4n) is 13.6. The quantitative estimate of drug-likeness (QED) is 0.0222. The lowest BCUT2D eigenvalue weighted by molar-refractivity contribution is -0.161. The van der Waals surface area contributed by atoms with Gasteiger partial charge in [-0.05, 0) is 31.6 Å². The summed E-state index contributed by atoms with van der Waals surface area (Å²) in [5.74, 6) is -1.22. The molecule has 17 nitrogen and oxygen atoms in total. The second kappa shape index (κ2) is 79.7. The fraction of sp³-hybridized carbons (Fsp3) is 0.954. The van der Waals surface area contributed by atoms with Crippen molar-refractivity contribution in [2.45, 2.75) is 490 Å². The van der Waals surface area contributed by atoms with Crippen molar-refractivity contribution in [3.05, 3.63) is 0 Å². The second-order valence-corrected chi connectivity index (χ2v) is 34.4. The first-order valence-corrected chi connectivity index (χ1v) is 48.2. The molecule has 0 heterocycles. The van der Waals surface area contributed by atoms with Crippen molar-refractivity contribution < 1.29 is 80.2 Å². The van der Waals surface area contributed by atoms with E-state index < -0.39 is 97.5 Å². The maximum atomic E-state index is 13.2. The number of esters is 4. The van der Waals surface area contributed by atoms with E-state index in [0.29, 0.717) is 25.7 Å². The highest BCUT2D eigenvalue weighted by molar-refractivity contribution is 7.47. The number of phosphoric ester groups is 2. The molecule has 0 amide bonds. The lowest BCUT2D eigenvalue weighted by atomic mass is 9.99. The minimum atomic E-state index is -4.97. The van der Waals surface area contributed by atoms with Gasteiger partial charge in [0.05, 0.1) is 26.4 Å². The zero-order chi connectivity index (χ0) is 77.6. The van der Waals surface area contributed by atoms with Crippen LogP contribution in [0.5, 0.6) is 0 Å². The summed E-state index contributed by atoms with van der Waals surface area (Å²) in [4.78, 5) is 73.3. The number of carbonyl (C=O) groups excluding carboxylic acids is 4. The molecule has 0 bridgehead atoms. The van der Waals surface area contributed by atoms with E-state index in [0.717, 1.165) is 95.8 Å². The van der Waals surface area contributed by atoms with E-state index in [-0.39, 0.29) is 25.7 Å². The van der Waals surface area contributed by atoms with E-state index >= 15 is 0 Å². The summed E-state index contributed by atoms with van der Waals surface area (Å²) in [6, 6.07) is 0. The highest BCUT2D eigenvalue weighted by Crippen LogP contribution is 2.45. The van der Waals surface area contributed by atoms with Crippen LogP contribution in [0.3, 0.4) is 0 Å². The zero-order valence-electron chi connectivity index (χ0n) is 69.6. The number of rotatable bonds is 87. The van der Waals surface area contributed by atoms with E-state index in [1.165, 1.54) is 295 Å². The standard InChI is InChI=1S/C87H170O17P2/c1-6-10-13-16-19-22-25-28-29-30-34-37-42-46-51-56-61-66-71-85(90)98-77-83(104-87(92)73-68-63-58-53-48-43-38-35-32-31-33-36-41-44-49-54-59-64-69-80(5)9-4)79-102-106(95,96)100-75-81(88)74-99-105(93,94)101-78-82(103-86(91)72-67-62-57-52-47-40-27-24-21-18-15-12-8-3)76-97-84(89)70-65-60-55-50-45-39-26-23-20-17-14-11-7-2/h80-83,88H,6-79H2,1-5H3,(H,93,94)(H,95,96)/t80?,81-,82+,83+/m0/s1. The Morgan fingerprint density at radius 3 is 0.670 bits per heavy atom. The topological polar surface area (TPSA) is 237 Å². The molecule has 0 spiro atoms. The molecule has 630 valence electrons. The number of aliphatic hydroxyl groups excluding tert-OH is 1. The maximum absolute atomic E-state index is 13.2. The molecular weight excluding hydrogens is 1380 g/mol. The van der Waals surface area contributed by atoms with Crippen molar-refractivity contribution in [1.82, 2.24) is 0 Å². The molecule has 0 aromatic heterocycles. The van der Waals surface area contributed by atoms with Gasteiger partial charge in [0.25, 0.3) is 0 Å². The van der Waals surface area contributed by atoms with E-state index in [9.17, 15) is 43.2 Å². The molecule has 106 heavy (non-hydrogen) atoms. The summed E-state index contributed by atoms with van der Waals surface area (Å²) in [5.41, 5.74) is 0. The molecule has 0 fully saturated rings. The number of unbranched alkanes of at least 4 members (excludes halogenated alkanes) is 58. The van der Waals surface area contributed by atoms with Crippen molar-refractivity contribution >= 4 is 39.5 Å². The molecular formula is C87H170O17P2. The molecule has 0 aliphatic rings. The molecule has 19 heteroatoms. The molecule has 0 aromatic rings. The van der Waals surface area contributed by atoms with Crippen LogP contribution in [0.25, 0.3) is 0 Å². The number of carbonyl (C=O) groups is 4. The number of phosphoric acid groups is 2. The highest BCUT2D eigenvalue weighted by atomic mass is 31.2. The van der Waals surface area contributed by atoms with Crippen LogP contribution in [-0.2, 0) is 65.4 Å². The first kappa shape index (κ1) is 104. The molecule has 0 aliphatic carbocycles. The Labute approximate surface area is 651 Å². The van der Waals surface area contributed by atoms with Crippen LogP contribution in [0, 0.1) is 5.92 Å². The monoisotopic (exact) mass is 1550 g/mol. The highest BCUT2D eigenvalue weighted by Gasteiger charge is 2.30. The normalized spacial score (nSPS) is 14.0. The largest absolute Gasteiger partial charge is 0.472 e. The van der Waals surface area contributed by atoms with Crippen molar-refractivity contribution in [2.24, 2.45) is 5.92 Å². The second-order valence-electron chi connectivity index (χ2n) is 31.5. The number of hydrogen-bond donors (Lipinski definition) is 3. The molecule has 0 saturated carbocycles. The van der Waals surface area contributed by atoms with Gasteiger partial charge < -0.3 is 33.8 Å². The summed E-state index contributed by atoms with van der Waals surface area (Å²) in [6.45, 7) is 7.44. The van der Waals surface area contributed by atoms with Crippen LogP contribution >= 0.6 is 15.6 Å². The first-order valence-electron chi connectivity index (χ1n) is 45.2. The van der Waals surface area contributed by atoms with Crippen LogP contribution < -0.4 is 0 Å². The van der Waals surface area contributed by atoms with Gasteiger partial charge in [-0.25, -0.2) is 9.13 Å². The van der Waals surface area contributed by atoms with E-state index in [1.54, 1.807) is 0 Å². The Kier molecular flexibility index (Phi) is 78.2. The summed E-state index contributed by atoms with van der Waals surface area (Å²) in [5, 5.41) is 10.7. The average Bonchev–Trinajstić information content (AvgIpc) is 0.904. The Balaban J connectivity index is 5.23. The van der Waals surface area contributed by atoms with Crippen LogP contribution in [0.2, 0.25) is 0 Å². The summed E-state index contributed by atoms with van der Waals surface area (Å²) >= 11 is 0. The Bertz CT molecular complexity index is 2020. The van der Waals surface area contributed by atoms with Crippen molar-refractivity contribution in [3.8, 4) is 0 Å². The van der Waals surface area contributed by atoms with Crippen molar-refractivity contribution in [1.29, 1.82) is 0 Å². The van der Waals surface area contributed by atoms with Gasteiger partial charge in [0.1, 0.15) is 19.3 Å². The number of aliphatic hydroxyl groups is 1. The third-order valence-corrected chi connectivity index (χ3v) is 22.8. The molecule has 0 aliphatic heterocycles. The van der Waals surface area contributed by atoms with E-state index in [1.807, 2.05) is 0 Å². The van der Waals surface area contributed by atoms with Gasteiger partial charge in [-0.1, -0.05) is 420 Å². The Morgan fingerprint density at radius 1 is 0.264 bits per heavy atom. The van der Waals surface area contributed by atoms with E-state index in [4.69, 9.17) is 37.0 Å². The van der Waals surface area contributed by atoms with Crippen molar-refractivity contribution in [2.75, 3.05) is 39.6 Å². The van der Waals surface area contributed by atoms with Gasteiger partial charge in [-0.15, -0.1) is 0 Å². The Hall–Kier alpha value is -1.94. The van der Waals surface area contributed by atoms with E-state index in [2.05, 4.69) is 34.6 Å². The zero-order valence-corrected chi connectivity index (χ0v) is 71.4. The molecule has 3 unspecified atom stereocenters. The Morgan fingerprint density at radius 2 is 0.453 bits per heavy atom. The van der Waals surface area contributed by atoms with Crippen LogP contribution in [0.15, 0.2) is 0 Å². The molecule has 3 N–H and O–H groups in total. The average molecular weight is 1550 g/mol.